The van der Waals surface area contributed by atoms with Gasteiger partial charge in [-0.3, -0.25) is 4.79 Å². The lowest BCUT2D eigenvalue weighted by molar-refractivity contribution is 0.919. The van der Waals surface area contributed by atoms with Gasteiger partial charge in [-0.15, -0.1) is 0 Å². The Balaban J connectivity index is 2.61. The number of thiazole rings is 1. The van der Waals surface area contributed by atoms with E-state index in [4.69, 9.17) is 0 Å². The summed E-state index contributed by atoms with van der Waals surface area (Å²) in [4.78, 5) is 11.5. The number of hydrogen-bond acceptors (Lipinski definition) is 2. The average Bonchev–Trinajstić information content (AvgIpc) is 2.43. The summed E-state index contributed by atoms with van der Waals surface area (Å²) in [5.41, 5.74) is 2.36. The lowest BCUT2D eigenvalue weighted by Gasteiger charge is -1.98. The van der Waals surface area contributed by atoms with Gasteiger partial charge < -0.3 is 4.57 Å². The monoisotopic (exact) mass is 207 g/mol. The molecule has 1 aromatic heterocycles. The van der Waals surface area contributed by atoms with Crippen LogP contribution in [0.2, 0.25) is 0 Å². The van der Waals surface area contributed by atoms with Crippen LogP contribution in [-0.2, 0) is 13.5 Å². The van der Waals surface area contributed by atoms with Crippen LogP contribution in [0.15, 0.2) is 23.0 Å². The van der Waals surface area contributed by atoms with E-state index in [1.54, 1.807) is 4.57 Å². The smallest absolute Gasteiger partial charge is 0.302 e. The summed E-state index contributed by atoms with van der Waals surface area (Å²) in [6, 6.07) is 6.28. The zero-order chi connectivity index (χ0) is 10.1. The molecule has 0 aliphatic heterocycles. The Hall–Kier alpha value is -1.09. The first-order chi connectivity index (χ1) is 6.72. The van der Waals surface area contributed by atoms with Crippen molar-refractivity contribution in [2.45, 2.75) is 19.8 Å². The topological polar surface area (TPSA) is 22.0 Å². The second-order valence-corrected chi connectivity index (χ2v) is 4.47. The molecule has 0 atom stereocenters. The zero-order valence-corrected chi connectivity index (χ0v) is 9.23. The molecule has 0 unspecified atom stereocenters. The zero-order valence-electron chi connectivity index (χ0n) is 8.41. The van der Waals surface area contributed by atoms with Crippen LogP contribution in [0.25, 0.3) is 10.2 Å². The Labute approximate surface area is 86.8 Å². The van der Waals surface area contributed by atoms with Crippen LogP contribution < -0.4 is 4.87 Å². The van der Waals surface area contributed by atoms with Crippen molar-refractivity contribution in [2.24, 2.45) is 7.05 Å². The van der Waals surface area contributed by atoms with Crippen LogP contribution in [0.4, 0.5) is 0 Å². The van der Waals surface area contributed by atoms with E-state index in [9.17, 15) is 4.79 Å². The lowest BCUT2D eigenvalue weighted by atomic mass is 10.1. The Morgan fingerprint density at radius 3 is 2.93 bits per heavy atom. The van der Waals surface area contributed by atoms with Gasteiger partial charge in [0, 0.05) is 7.05 Å². The third-order valence-corrected chi connectivity index (χ3v) is 3.39. The van der Waals surface area contributed by atoms with Crippen molar-refractivity contribution < 1.29 is 0 Å². The molecule has 0 saturated heterocycles. The standard InChI is InChI=1S/C11H13NOS/c1-3-4-8-5-6-9-10(7-8)14-11(13)12(9)2/h5-7H,3-4H2,1-2H3. The molecule has 0 bridgehead atoms. The summed E-state index contributed by atoms with van der Waals surface area (Å²) >= 11 is 1.33. The van der Waals surface area contributed by atoms with Crippen molar-refractivity contribution in [2.75, 3.05) is 0 Å². The van der Waals surface area contributed by atoms with E-state index < -0.39 is 0 Å². The van der Waals surface area contributed by atoms with E-state index in [0.717, 1.165) is 23.1 Å². The second kappa shape index (κ2) is 3.58. The van der Waals surface area contributed by atoms with Gasteiger partial charge in [0.05, 0.1) is 10.2 Å². The number of hydrogen-bond donors (Lipinski definition) is 0. The molecule has 0 fully saturated rings. The van der Waals surface area contributed by atoms with Crippen LogP contribution in [-0.4, -0.2) is 4.57 Å². The Bertz CT molecular complexity index is 509. The third kappa shape index (κ3) is 1.48. The quantitative estimate of drug-likeness (QED) is 0.741. The van der Waals surface area contributed by atoms with Gasteiger partial charge in [-0.05, 0) is 24.1 Å². The maximum absolute atomic E-state index is 11.4. The molecule has 0 saturated carbocycles. The molecule has 74 valence electrons. The SMILES string of the molecule is CCCc1ccc2c(c1)sc(=O)n2C. The minimum Gasteiger partial charge on any atom is -0.302 e. The molecule has 0 N–H and O–H groups in total. The van der Waals surface area contributed by atoms with Gasteiger partial charge in [0.2, 0.25) is 0 Å². The Morgan fingerprint density at radius 1 is 1.43 bits per heavy atom. The fourth-order valence-electron chi connectivity index (χ4n) is 1.62. The average molecular weight is 207 g/mol. The highest BCUT2D eigenvalue weighted by Gasteiger charge is 2.03. The van der Waals surface area contributed by atoms with E-state index in [1.165, 1.54) is 16.9 Å². The highest BCUT2D eigenvalue weighted by molar-refractivity contribution is 7.16. The fraction of sp³-hybridized carbons (Fsp3) is 0.364. The van der Waals surface area contributed by atoms with Crippen molar-refractivity contribution in [3.63, 3.8) is 0 Å². The van der Waals surface area contributed by atoms with E-state index in [1.807, 2.05) is 13.1 Å². The molecule has 14 heavy (non-hydrogen) atoms. The molecule has 3 heteroatoms. The van der Waals surface area contributed by atoms with Crippen molar-refractivity contribution in [1.29, 1.82) is 0 Å². The molecule has 2 nitrogen and oxygen atoms in total. The molecule has 1 aromatic carbocycles. The van der Waals surface area contributed by atoms with Crippen molar-refractivity contribution >= 4 is 21.6 Å². The van der Waals surface area contributed by atoms with Crippen molar-refractivity contribution in [1.82, 2.24) is 4.57 Å². The third-order valence-electron chi connectivity index (χ3n) is 2.40. The first kappa shape index (κ1) is 9.46. The molecule has 0 spiro atoms. The first-order valence-electron chi connectivity index (χ1n) is 4.81. The van der Waals surface area contributed by atoms with Gasteiger partial charge in [-0.25, -0.2) is 0 Å². The fourth-order valence-corrected chi connectivity index (χ4v) is 2.57. The van der Waals surface area contributed by atoms with Crippen LogP contribution >= 0.6 is 11.3 Å². The molecule has 1 heterocycles. The van der Waals surface area contributed by atoms with Crippen LogP contribution in [0, 0.1) is 0 Å². The molecular formula is C11H13NOS. The first-order valence-corrected chi connectivity index (χ1v) is 5.62. The number of rotatable bonds is 2. The number of benzene rings is 1. The van der Waals surface area contributed by atoms with E-state index >= 15 is 0 Å². The van der Waals surface area contributed by atoms with Crippen LogP contribution in [0.5, 0.6) is 0 Å². The highest BCUT2D eigenvalue weighted by atomic mass is 32.1. The molecule has 0 aliphatic carbocycles. The van der Waals surface area contributed by atoms with E-state index in [-0.39, 0.29) is 4.87 Å². The van der Waals surface area contributed by atoms with E-state index in [0.29, 0.717) is 0 Å². The van der Waals surface area contributed by atoms with Gasteiger partial charge in [-0.2, -0.15) is 0 Å². The van der Waals surface area contributed by atoms with Crippen molar-refractivity contribution in [3.8, 4) is 0 Å². The predicted octanol–water partition coefficient (Wildman–Crippen LogP) is 2.55. The molecule has 2 aromatic rings. The summed E-state index contributed by atoms with van der Waals surface area (Å²) in [5.74, 6) is 0. The minimum absolute atomic E-state index is 0.119. The van der Waals surface area contributed by atoms with Gasteiger partial charge in [0.15, 0.2) is 0 Å². The second-order valence-electron chi connectivity index (χ2n) is 3.48. The van der Waals surface area contributed by atoms with Gasteiger partial charge in [-0.1, -0.05) is 30.7 Å². The van der Waals surface area contributed by atoms with Crippen LogP contribution in [0.1, 0.15) is 18.9 Å². The van der Waals surface area contributed by atoms with Gasteiger partial charge >= 0.3 is 4.87 Å². The minimum atomic E-state index is 0.119. The molecule has 0 aliphatic rings. The summed E-state index contributed by atoms with van der Waals surface area (Å²) in [6.07, 6.45) is 2.24. The molecule has 0 amide bonds. The van der Waals surface area contributed by atoms with Crippen molar-refractivity contribution in [3.05, 3.63) is 33.4 Å². The summed E-state index contributed by atoms with van der Waals surface area (Å²) in [5, 5.41) is 0. The maximum atomic E-state index is 11.4. The number of aromatic nitrogens is 1. The Morgan fingerprint density at radius 2 is 2.21 bits per heavy atom. The Kier molecular flexibility index (Phi) is 2.42. The summed E-state index contributed by atoms with van der Waals surface area (Å²) < 4.78 is 2.80. The van der Waals surface area contributed by atoms with Crippen LogP contribution in [0.3, 0.4) is 0 Å². The number of nitrogens with zero attached hydrogens (tertiary/aromatic N) is 1. The summed E-state index contributed by atoms with van der Waals surface area (Å²) in [6.45, 7) is 2.16. The lowest BCUT2D eigenvalue weighted by Crippen LogP contribution is -2.06. The maximum Gasteiger partial charge on any atom is 0.307 e. The largest absolute Gasteiger partial charge is 0.307 e. The molecular weight excluding hydrogens is 194 g/mol. The number of fused-ring (bicyclic) bond motifs is 1. The number of aryl methyl sites for hydroxylation is 2. The predicted molar refractivity (Wildman–Crippen MR) is 61.1 cm³/mol. The summed E-state index contributed by atoms with van der Waals surface area (Å²) in [7, 11) is 1.82. The van der Waals surface area contributed by atoms with Gasteiger partial charge in [0.1, 0.15) is 0 Å². The van der Waals surface area contributed by atoms with Gasteiger partial charge in [0.25, 0.3) is 0 Å². The molecule has 2 rings (SSSR count). The van der Waals surface area contributed by atoms with E-state index in [2.05, 4.69) is 19.1 Å². The molecule has 0 radical (unpaired) electrons. The highest BCUT2D eigenvalue weighted by Crippen LogP contribution is 2.18. The normalized spacial score (nSPS) is 11.0.